The first kappa shape index (κ1) is 14.6. The summed E-state index contributed by atoms with van der Waals surface area (Å²) in [6.07, 6.45) is 0. The number of carboxylic acid groups (broad SMARTS) is 1. The number of rotatable bonds is 5. The highest BCUT2D eigenvalue weighted by Crippen LogP contribution is 2.12. The summed E-state index contributed by atoms with van der Waals surface area (Å²) < 4.78 is 14.5. The lowest BCUT2D eigenvalue weighted by atomic mass is 10.3. The molecule has 1 amide bonds. The van der Waals surface area contributed by atoms with Crippen molar-refractivity contribution in [2.75, 3.05) is 5.32 Å². The van der Waals surface area contributed by atoms with Crippen molar-refractivity contribution in [3.8, 4) is 0 Å². The Bertz CT molecular complexity index is 685. The number of nitrogens with two attached hydrogens (primary N) is 1. The largest absolute Gasteiger partial charge is 0.476 e. The second-order valence-corrected chi connectivity index (χ2v) is 4.08. The first-order chi connectivity index (χ1) is 10.0. The van der Waals surface area contributed by atoms with Gasteiger partial charge in [0.2, 0.25) is 5.91 Å². The van der Waals surface area contributed by atoms with Crippen LogP contribution in [-0.2, 0) is 17.9 Å². The highest BCUT2D eigenvalue weighted by Gasteiger charge is 2.19. The SMILES string of the molecule is NCc1c(C(=O)O)nnn1CC(=O)Nc1ccccc1F. The van der Waals surface area contributed by atoms with Crippen molar-refractivity contribution in [3.63, 3.8) is 0 Å². The second-order valence-electron chi connectivity index (χ2n) is 4.08. The van der Waals surface area contributed by atoms with E-state index in [0.717, 1.165) is 4.68 Å². The maximum Gasteiger partial charge on any atom is 0.358 e. The highest BCUT2D eigenvalue weighted by atomic mass is 19.1. The molecule has 8 nitrogen and oxygen atoms in total. The molecule has 1 heterocycles. The first-order valence-corrected chi connectivity index (χ1v) is 5.93. The van der Waals surface area contributed by atoms with E-state index in [1.54, 1.807) is 6.07 Å². The topological polar surface area (TPSA) is 123 Å². The first-order valence-electron chi connectivity index (χ1n) is 5.93. The Hall–Kier alpha value is -2.81. The number of carboxylic acids is 1. The molecule has 0 aliphatic rings. The summed E-state index contributed by atoms with van der Waals surface area (Å²) in [5.74, 6) is -2.43. The zero-order chi connectivity index (χ0) is 15.4. The van der Waals surface area contributed by atoms with E-state index in [-0.39, 0.29) is 30.2 Å². The molecule has 0 saturated carbocycles. The van der Waals surface area contributed by atoms with Crippen molar-refractivity contribution in [1.82, 2.24) is 15.0 Å². The minimum atomic E-state index is -1.28. The number of carbonyl (C=O) groups is 2. The van der Waals surface area contributed by atoms with Crippen molar-refractivity contribution in [2.24, 2.45) is 5.73 Å². The minimum Gasteiger partial charge on any atom is -0.476 e. The monoisotopic (exact) mass is 293 g/mol. The molecular weight excluding hydrogens is 281 g/mol. The fraction of sp³-hybridized carbons (Fsp3) is 0.167. The van der Waals surface area contributed by atoms with Crippen LogP contribution in [0.4, 0.5) is 10.1 Å². The number of amides is 1. The molecule has 0 atom stereocenters. The molecule has 1 aromatic heterocycles. The molecule has 4 N–H and O–H groups in total. The summed E-state index contributed by atoms with van der Waals surface area (Å²) in [7, 11) is 0. The van der Waals surface area contributed by atoms with E-state index in [2.05, 4.69) is 15.6 Å². The summed E-state index contributed by atoms with van der Waals surface area (Å²) in [6, 6.07) is 5.68. The predicted molar refractivity (Wildman–Crippen MR) is 69.9 cm³/mol. The van der Waals surface area contributed by atoms with Crippen molar-refractivity contribution < 1.29 is 19.1 Å². The molecule has 0 radical (unpaired) electrons. The Morgan fingerprint density at radius 2 is 2.10 bits per heavy atom. The molecular formula is C12H12FN5O3. The van der Waals surface area contributed by atoms with Gasteiger partial charge in [-0.25, -0.2) is 13.9 Å². The van der Waals surface area contributed by atoms with Crippen LogP contribution in [-0.4, -0.2) is 32.0 Å². The van der Waals surface area contributed by atoms with Crippen LogP contribution in [0.3, 0.4) is 0 Å². The highest BCUT2D eigenvalue weighted by molar-refractivity contribution is 5.91. The van der Waals surface area contributed by atoms with Gasteiger partial charge in [-0.15, -0.1) is 5.10 Å². The molecule has 0 spiro atoms. The average molecular weight is 293 g/mol. The number of nitrogens with one attached hydrogen (secondary N) is 1. The third-order valence-corrected chi connectivity index (χ3v) is 2.67. The molecule has 0 aliphatic carbocycles. The Labute approximate surface area is 118 Å². The van der Waals surface area contributed by atoms with Crippen LogP contribution in [0, 0.1) is 5.82 Å². The fourth-order valence-corrected chi connectivity index (χ4v) is 1.72. The van der Waals surface area contributed by atoms with Crippen molar-refractivity contribution in [3.05, 3.63) is 41.5 Å². The molecule has 2 aromatic rings. The van der Waals surface area contributed by atoms with Crippen molar-refractivity contribution in [2.45, 2.75) is 13.1 Å². The van der Waals surface area contributed by atoms with Gasteiger partial charge < -0.3 is 16.2 Å². The van der Waals surface area contributed by atoms with Gasteiger partial charge in [-0.2, -0.15) is 0 Å². The Morgan fingerprint density at radius 1 is 1.38 bits per heavy atom. The molecule has 2 rings (SSSR count). The molecule has 1 aromatic carbocycles. The van der Waals surface area contributed by atoms with Crippen LogP contribution >= 0.6 is 0 Å². The van der Waals surface area contributed by atoms with Crippen molar-refractivity contribution in [1.29, 1.82) is 0 Å². The zero-order valence-electron chi connectivity index (χ0n) is 10.8. The minimum absolute atomic E-state index is 0.0235. The number of halogens is 1. The molecule has 0 saturated heterocycles. The van der Waals surface area contributed by atoms with Crippen LogP contribution < -0.4 is 11.1 Å². The van der Waals surface area contributed by atoms with Gasteiger partial charge in [0, 0.05) is 6.54 Å². The van der Waals surface area contributed by atoms with Gasteiger partial charge >= 0.3 is 5.97 Å². The van der Waals surface area contributed by atoms with Crippen LogP contribution in [0.2, 0.25) is 0 Å². The normalized spacial score (nSPS) is 10.4. The smallest absolute Gasteiger partial charge is 0.358 e. The van der Waals surface area contributed by atoms with Crippen molar-refractivity contribution >= 4 is 17.6 Å². The van der Waals surface area contributed by atoms with Gasteiger partial charge in [-0.1, -0.05) is 17.3 Å². The standard InChI is InChI=1S/C12H12FN5O3/c13-7-3-1-2-4-8(7)15-10(19)6-18-9(5-14)11(12(20)21)16-17-18/h1-4H,5-6,14H2,(H,15,19)(H,20,21). The number of benzene rings is 1. The van der Waals surface area contributed by atoms with Crippen LogP contribution in [0.25, 0.3) is 0 Å². The number of aromatic nitrogens is 3. The molecule has 21 heavy (non-hydrogen) atoms. The summed E-state index contributed by atoms with van der Waals surface area (Å²) in [5.41, 5.74) is 5.26. The Balaban J connectivity index is 2.13. The molecule has 9 heteroatoms. The van der Waals surface area contributed by atoms with E-state index >= 15 is 0 Å². The van der Waals surface area contributed by atoms with E-state index in [4.69, 9.17) is 10.8 Å². The molecule has 0 fully saturated rings. The number of carbonyl (C=O) groups excluding carboxylic acids is 1. The maximum atomic E-state index is 13.4. The van der Waals surface area contributed by atoms with E-state index in [1.807, 2.05) is 0 Å². The quantitative estimate of drug-likeness (QED) is 0.724. The van der Waals surface area contributed by atoms with Gasteiger partial charge in [-0.05, 0) is 12.1 Å². The van der Waals surface area contributed by atoms with Crippen LogP contribution in [0.1, 0.15) is 16.2 Å². The van der Waals surface area contributed by atoms with Gasteiger partial charge in [-0.3, -0.25) is 4.79 Å². The van der Waals surface area contributed by atoms with Gasteiger partial charge in [0.25, 0.3) is 0 Å². The third-order valence-electron chi connectivity index (χ3n) is 2.67. The van der Waals surface area contributed by atoms with E-state index in [0.29, 0.717) is 0 Å². The number of anilines is 1. The number of hydrogen-bond acceptors (Lipinski definition) is 5. The molecule has 0 bridgehead atoms. The number of aromatic carboxylic acids is 1. The second kappa shape index (κ2) is 6.09. The Morgan fingerprint density at radius 3 is 2.71 bits per heavy atom. The predicted octanol–water partition coefficient (Wildman–Crippen LogP) is 0.213. The van der Waals surface area contributed by atoms with E-state index in [1.165, 1.54) is 18.2 Å². The molecule has 0 aliphatic heterocycles. The lowest BCUT2D eigenvalue weighted by Gasteiger charge is -2.07. The van der Waals surface area contributed by atoms with Crippen LogP contribution in [0.5, 0.6) is 0 Å². The average Bonchev–Trinajstić information content (AvgIpc) is 2.84. The van der Waals surface area contributed by atoms with E-state index in [9.17, 15) is 14.0 Å². The summed E-state index contributed by atoms with van der Waals surface area (Å²) in [4.78, 5) is 22.7. The molecule has 0 unspecified atom stereocenters. The lowest BCUT2D eigenvalue weighted by Crippen LogP contribution is -2.22. The van der Waals surface area contributed by atoms with Crippen LogP contribution in [0.15, 0.2) is 24.3 Å². The number of nitrogens with zero attached hydrogens (tertiary/aromatic N) is 3. The number of hydrogen-bond donors (Lipinski definition) is 3. The summed E-state index contributed by atoms with van der Waals surface area (Å²) >= 11 is 0. The maximum absolute atomic E-state index is 13.4. The van der Waals surface area contributed by atoms with Gasteiger partial charge in [0.1, 0.15) is 12.4 Å². The van der Waals surface area contributed by atoms with Gasteiger partial charge in [0.05, 0.1) is 11.4 Å². The summed E-state index contributed by atoms with van der Waals surface area (Å²) in [5, 5.41) is 18.3. The van der Waals surface area contributed by atoms with E-state index < -0.39 is 17.7 Å². The van der Waals surface area contributed by atoms with Gasteiger partial charge in [0.15, 0.2) is 5.69 Å². The third kappa shape index (κ3) is 3.20. The molecule has 110 valence electrons. The fourth-order valence-electron chi connectivity index (χ4n) is 1.72. The Kier molecular flexibility index (Phi) is 4.24. The number of para-hydroxylation sites is 1. The lowest BCUT2D eigenvalue weighted by molar-refractivity contribution is -0.117. The zero-order valence-corrected chi connectivity index (χ0v) is 10.8. The summed E-state index contributed by atoms with van der Waals surface area (Å²) in [6.45, 7) is -0.456.